The number of aromatic nitrogens is 2. The monoisotopic (exact) mass is 373 g/mol. The van der Waals surface area contributed by atoms with Gasteiger partial charge in [0.25, 0.3) is 0 Å². The molecule has 1 heterocycles. The summed E-state index contributed by atoms with van der Waals surface area (Å²) in [5.41, 5.74) is 5.04. The fraction of sp³-hybridized carbons (Fsp3) is 0.217. The molecule has 28 heavy (non-hydrogen) atoms. The Bertz CT molecular complexity index is 1010. The number of imidazole rings is 1. The summed E-state index contributed by atoms with van der Waals surface area (Å²) >= 11 is 0. The number of aliphatic hydroxyl groups is 1. The Balaban J connectivity index is 1.49. The summed E-state index contributed by atoms with van der Waals surface area (Å²) in [4.78, 5) is 16.5. The van der Waals surface area contributed by atoms with Crippen LogP contribution in [-0.2, 0) is 11.2 Å². The number of aryl methyl sites for hydroxylation is 1. The van der Waals surface area contributed by atoms with Crippen molar-refractivity contribution >= 4 is 12.0 Å². The molecule has 2 aromatic carbocycles. The van der Waals surface area contributed by atoms with E-state index in [-0.39, 0.29) is 11.9 Å². The lowest BCUT2D eigenvalue weighted by molar-refractivity contribution is -0.117. The molecule has 0 saturated carbocycles. The van der Waals surface area contributed by atoms with Crippen molar-refractivity contribution in [2.75, 3.05) is 0 Å². The van der Waals surface area contributed by atoms with E-state index in [2.05, 4.69) is 22.4 Å². The lowest BCUT2D eigenvalue weighted by Gasteiger charge is -2.14. The molecule has 0 bridgehead atoms. The predicted octanol–water partition coefficient (Wildman–Crippen LogP) is 3.74. The van der Waals surface area contributed by atoms with E-state index in [9.17, 15) is 9.90 Å². The van der Waals surface area contributed by atoms with Gasteiger partial charge in [0.1, 0.15) is 0 Å². The largest absolute Gasteiger partial charge is 0.389 e. The van der Waals surface area contributed by atoms with Crippen molar-refractivity contribution in [3.63, 3.8) is 0 Å². The fourth-order valence-electron chi connectivity index (χ4n) is 3.75. The summed E-state index contributed by atoms with van der Waals surface area (Å²) in [6, 6.07) is 14.1. The minimum Gasteiger partial charge on any atom is -0.389 e. The molecule has 2 atom stereocenters. The Morgan fingerprint density at radius 3 is 2.96 bits per heavy atom. The molecule has 2 unspecified atom stereocenters. The Hall–Kier alpha value is -3.18. The number of nitrogens with one attached hydrogen (secondary N) is 1. The van der Waals surface area contributed by atoms with Gasteiger partial charge in [-0.15, -0.1) is 0 Å². The van der Waals surface area contributed by atoms with Crippen LogP contribution in [-0.4, -0.2) is 20.6 Å². The van der Waals surface area contributed by atoms with Crippen LogP contribution in [0.2, 0.25) is 0 Å². The van der Waals surface area contributed by atoms with E-state index in [0.717, 1.165) is 29.7 Å². The van der Waals surface area contributed by atoms with Crippen molar-refractivity contribution in [3.05, 3.63) is 89.5 Å². The number of amides is 1. The summed E-state index contributed by atoms with van der Waals surface area (Å²) in [7, 11) is 0. The second-order valence-electron chi connectivity index (χ2n) is 7.10. The van der Waals surface area contributed by atoms with Crippen molar-refractivity contribution in [1.29, 1.82) is 0 Å². The number of carbonyl (C=O) groups excluding carboxylic acids is 1. The quantitative estimate of drug-likeness (QED) is 0.670. The van der Waals surface area contributed by atoms with Crippen molar-refractivity contribution in [2.45, 2.75) is 31.9 Å². The Kier molecular flexibility index (Phi) is 5.08. The van der Waals surface area contributed by atoms with Gasteiger partial charge in [0.2, 0.25) is 5.91 Å². The lowest BCUT2D eigenvalue weighted by atomic mass is 10.0. The SMILES string of the molecule is CC(O)c1cc(C=CC(=O)NC2CCc3ccccc32)ccc1-n1ccnc1. The van der Waals surface area contributed by atoms with Crippen LogP contribution in [0.25, 0.3) is 11.8 Å². The van der Waals surface area contributed by atoms with Crippen LogP contribution in [0.3, 0.4) is 0 Å². The highest BCUT2D eigenvalue weighted by atomic mass is 16.3. The van der Waals surface area contributed by atoms with E-state index in [1.54, 1.807) is 31.6 Å². The maximum Gasteiger partial charge on any atom is 0.244 e. The lowest BCUT2D eigenvalue weighted by Crippen LogP contribution is -2.25. The van der Waals surface area contributed by atoms with Crippen molar-refractivity contribution in [2.24, 2.45) is 0 Å². The van der Waals surface area contributed by atoms with E-state index in [0.29, 0.717) is 0 Å². The van der Waals surface area contributed by atoms with E-state index in [1.807, 2.05) is 41.1 Å². The van der Waals surface area contributed by atoms with E-state index >= 15 is 0 Å². The molecule has 5 nitrogen and oxygen atoms in total. The van der Waals surface area contributed by atoms with Gasteiger partial charge in [0.05, 0.1) is 24.2 Å². The molecule has 1 aromatic heterocycles. The average molecular weight is 373 g/mol. The molecular formula is C23H23N3O2. The highest BCUT2D eigenvalue weighted by Gasteiger charge is 2.22. The first-order chi connectivity index (χ1) is 13.6. The molecule has 5 heteroatoms. The summed E-state index contributed by atoms with van der Waals surface area (Å²) in [5.74, 6) is -0.112. The number of aliphatic hydroxyl groups excluding tert-OH is 1. The Morgan fingerprint density at radius 2 is 2.18 bits per heavy atom. The van der Waals surface area contributed by atoms with Crippen LogP contribution in [0.4, 0.5) is 0 Å². The molecule has 0 radical (unpaired) electrons. The van der Waals surface area contributed by atoms with Crippen LogP contribution in [0.1, 0.15) is 47.7 Å². The Labute approximate surface area is 164 Å². The maximum atomic E-state index is 12.4. The van der Waals surface area contributed by atoms with Gasteiger partial charge in [-0.25, -0.2) is 4.98 Å². The second-order valence-corrected chi connectivity index (χ2v) is 7.10. The van der Waals surface area contributed by atoms with Gasteiger partial charge in [0, 0.05) is 24.0 Å². The molecule has 0 spiro atoms. The smallest absolute Gasteiger partial charge is 0.244 e. The number of fused-ring (bicyclic) bond motifs is 1. The predicted molar refractivity (Wildman–Crippen MR) is 109 cm³/mol. The van der Waals surface area contributed by atoms with E-state index in [1.165, 1.54) is 11.1 Å². The second kappa shape index (κ2) is 7.82. The first-order valence-electron chi connectivity index (χ1n) is 9.48. The number of carbonyl (C=O) groups is 1. The third-order valence-corrected chi connectivity index (χ3v) is 5.16. The molecule has 0 saturated heterocycles. The summed E-state index contributed by atoms with van der Waals surface area (Å²) in [6.45, 7) is 1.73. The van der Waals surface area contributed by atoms with Gasteiger partial charge >= 0.3 is 0 Å². The summed E-state index contributed by atoms with van der Waals surface area (Å²) in [6.07, 6.45) is 9.87. The topological polar surface area (TPSA) is 67.2 Å². The van der Waals surface area contributed by atoms with Gasteiger partial charge < -0.3 is 15.0 Å². The molecule has 1 aliphatic rings. The zero-order valence-corrected chi connectivity index (χ0v) is 15.7. The summed E-state index contributed by atoms with van der Waals surface area (Å²) in [5, 5.41) is 13.2. The van der Waals surface area contributed by atoms with Crippen LogP contribution in [0.5, 0.6) is 0 Å². The average Bonchev–Trinajstić information content (AvgIpc) is 3.37. The zero-order chi connectivity index (χ0) is 19.5. The van der Waals surface area contributed by atoms with Crippen molar-refractivity contribution in [3.8, 4) is 5.69 Å². The minimum absolute atomic E-state index is 0.0741. The highest BCUT2D eigenvalue weighted by Crippen LogP contribution is 2.30. The number of benzene rings is 2. The van der Waals surface area contributed by atoms with Crippen LogP contribution in [0, 0.1) is 0 Å². The van der Waals surface area contributed by atoms with Crippen molar-refractivity contribution < 1.29 is 9.90 Å². The third-order valence-electron chi connectivity index (χ3n) is 5.16. The molecule has 0 aliphatic heterocycles. The van der Waals surface area contributed by atoms with Gasteiger partial charge in [-0.1, -0.05) is 30.3 Å². The van der Waals surface area contributed by atoms with E-state index in [4.69, 9.17) is 0 Å². The van der Waals surface area contributed by atoms with Crippen LogP contribution >= 0.6 is 0 Å². The molecule has 1 amide bonds. The zero-order valence-electron chi connectivity index (χ0n) is 15.7. The summed E-state index contributed by atoms with van der Waals surface area (Å²) < 4.78 is 1.86. The van der Waals surface area contributed by atoms with Gasteiger partial charge in [-0.3, -0.25) is 4.79 Å². The third kappa shape index (κ3) is 3.75. The first kappa shape index (κ1) is 18.2. The molecule has 2 N–H and O–H groups in total. The number of hydrogen-bond acceptors (Lipinski definition) is 3. The maximum absolute atomic E-state index is 12.4. The molecule has 142 valence electrons. The highest BCUT2D eigenvalue weighted by molar-refractivity contribution is 5.92. The van der Waals surface area contributed by atoms with Crippen molar-refractivity contribution in [1.82, 2.24) is 14.9 Å². The molecule has 4 rings (SSSR count). The standard InChI is InChI=1S/C23H23N3O2/c1-16(27)20-14-17(6-10-22(20)26-13-12-24-15-26)7-11-23(28)25-21-9-8-18-4-2-3-5-19(18)21/h2-7,10-16,21,27H,8-9H2,1H3,(H,25,28). The van der Waals surface area contributed by atoms with Gasteiger partial charge in [-0.2, -0.15) is 0 Å². The number of hydrogen-bond donors (Lipinski definition) is 2. The Morgan fingerprint density at radius 1 is 1.32 bits per heavy atom. The first-order valence-corrected chi connectivity index (χ1v) is 9.48. The van der Waals surface area contributed by atoms with Gasteiger partial charge in [-0.05, 0) is 54.7 Å². The minimum atomic E-state index is -0.630. The molecular weight excluding hydrogens is 350 g/mol. The van der Waals surface area contributed by atoms with E-state index < -0.39 is 6.10 Å². The molecule has 1 aliphatic carbocycles. The van der Waals surface area contributed by atoms with Crippen LogP contribution in [0.15, 0.2) is 67.3 Å². The molecule has 3 aromatic rings. The van der Waals surface area contributed by atoms with Gasteiger partial charge in [0.15, 0.2) is 0 Å². The fourth-order valence-corrected chi connectivity index (χ4v) is 3.75. The normalized spacial score (nSPS) is 16.9. The number of nitrogens with zero attached hydrogens (tertiary/aromatic N) is 2. The number of rotatable bonds is 5. The molecule has 0 fully saturated rings. The van der Waals surface area contributed by atoms with Crippen LogP contribution < -0.4 is 5.32 Å².